The van der Waals surface area contributed by atoms with Crippen molar-refractivity contribution in [2.75, 3.05) is 0 Å². The van der Waals surface area contributed by atoms with Gasteiger partial charge in [-0.3, -0.25) is 0 Å². The minimum absolute atomic E-state index is 0.101. The average Bonchev–Trinajstić information content (AvgIpc) is 2.76. The number of nitrogens with zero attached hydrogens (tertiary/aromatic N) is 2. The lowest BCUT2D eigenvalue weighted by molar-refractivity contribution is 0.500. The van der Waals surface area contributed by atoms with Gasteiger partial charge in [0.05, 0.1) is 4.83 Å². The third-order valence-corrected chi connectivity index (χ3v) is 3.61. The lowest BCUT2D eigenvalue weighted by Crippen LogP contribution is -1.86. The van der Waals surface area contributed by atoms with Crippen LogP contribution in [0.15, 0.2) is 22.6 Å². The summed E-state index contributed by atoms with van der Waals surface area (Å²) in [6.07, 6.45) is 0.899. The number of hydrogen-bond acceptors (Lipinski definition) is 3. The molecule has 2 rings (SSSR count). The van der Waals surface area contributed by atoms with Crippen molar-refractivity contribution in [3.05, 3.63) is 34.7 Å². The van der Waals surface area contributed by atoms with Crippen molar-refractivity contribution in [2.45, 2.75) is 25.1 Å². The van der Waals surface area contributed by atoms with Crippen LogP contribution in [0.2, 0.25) is 5.02 Å². The third kappa shape index (κ3) is 2.87. The first-order valence-corrected chi connectivity index (χ1v) is 6.64. The van der Waals surface area contributed by atoms with Crippen molar-refractivity contribution in [2.24, 2.45) is 0 Å². The third-order valence-electron chi connectivity index (χ3n) is 2.36. The van der Waals surface area contributed by atoms with Crippen molar-refractivity contribution in [1.82, 2.24) is 10.2 Å². The molecule has 0 saturated heterocycles. The monoisotopic (exact) mass is 314 g/mol. The standard InChI is InChI=1S/C12H12BrClN2O/c1-3-10(13)12-16-15-11(17-12)8-4-7(2)5-9(14)6-8/h4-6,10H,3H2,1-2H3. The van der Waals surface area contributed by atoms with Crippen LogP contribution in [0.25, 0.3) is 11.5 Å². The zero-order valence-electron chi connectivity index (χ0n) is 9.58. The molecule has 0 radical (unpaired) electrons. The zero-order valence-corrected chi connectivity index (χ0v) is 11.9. The maximum atomic E-state index is 6.00. The summed E-state index contributed by atoms with van der Waals surface area (Å²) in [4.78, 5) is 0.101. The van der Waals surface area contributed by atoms with Crippen molar-refractivity contribution < 1.29 is 4.42 Å². The number of aromatic nitrogens is 2. The van der Waals surface area contributed by atoms with Crippen molar-refractivity contribution in [3.63, 3.8) is 0 Å². The molecule has 17 heavy (non-hydrogen) atoms. The Bertz CT molecular complexity index is 507. The number of rotatable bonds is 3. The molecule has 0 spiro atoms. The lowest BCUT2D eigenvalue weighted by Gasteiger charge is -2.00. The highest BCUT2D eigenvalue weighted by molar-refractivity contribution is 9.09. The second kappa shape index (κ2) is 5.19. The van der Waals surface area contributed by atoms with Gasteiger partial charge < -0.3 is 4.42 Å². The molecular weight excluding hydrogens is 304 g/mol. The molecule has 0 aliphatic carbocycles. The van der Waals surface area contributed by atoms with Gasteiger partial charge in [-0.15, -0.1) is 10.2 Å². The van der Waals surface area contributed by atoms with E-state index in [-0.39, 0.29) is 4.83 Å². The van der Waals surface area contributed by atoms with Gasteiger partial charge in [0.1, 0.15) is 0 Å². The van der Waals surface area contributed by atoms with E-state index in [1.54, 1.807) is 0 Å². The van der Waals surface area contributed by atoms with Crippen LogP contribution >= 0.6 is 27.5 Å². The van der Waals surface area contributed by atoms with Crippen LogP contribution in [-0.4, -0.2) is 10.2 Å². The Labute approximate surface area is 113 Å². The highest BCUT2D eigenvalue weighted by atomic mass is 79.9. The number of halogens is 2. The Morgan fingerprint density at radius 1 is 1.35 bits per heavy atom. The highest BCUT2D eigenvalue weighted by Crippen LogP contribution is 2.29. The molecule has 5 heteroatoms. The van der Waals surface area contributed by atoms with Crippen LogP contribution in [-0.2, 0) is 0 Å². The summed E-state index contributed by atoms with van der Waals surface area (Å²) < 4.78 is 5.60. The van der Waals surface area contributed by atoms with E-state index in [4.69, 9.17) is 16.0 Å². The molecule has 2 aromatic rings. The summed E-state index contributed by atoms with van der Waals surface area (Å²) in [6, 6.07) is 5.68. The summed E-state index contributed by atoms with van der Waals surface area (Å²) in [5.74, 6) is 1.10. The minimum atomic E-state index is 0.101. The van der Waals surface area contributed by atoms with Crippen LogP contribution < -0.4 is 0 Å². The fourth-order valence-corrected chi connectivity index (χ4v) is 1.99. The maximum Gasteiger partial charge on any atom is 0.247 e. The molecule has 0 aliphatic heterocycles. The van der Waals surface area contributed by atoms with Gasteiger partial charge in [0.25, 0.3) is 0 Å². The van der Waals surface area contributed by atoms with E-state index < -0.39 is 0 Å². The predicted molar refractivity (Wildman–Crippen MR) is 71.4 cm³/mol. The van der Waals surface area contributed by atoms with Gasteiger partial charge in [-0.2, -0.15) is 0 Å². The fourth-order valence-electron chi connectivity index (χ4n) is 1.51. The molecular formula is C12H12BrClN2O. The normalized spacial score (nSPS) is 12.7. The molecule has 0 amide bonds. The Hall–Kier alpha value is -0.870. The SMILES string of the molecule is CCC(Br)c1nnc(-c2cc(C)cc(Cl)c2)o1. The molecule has 1 heterocycles. The van der Waals surface area contributed by atoms with Gasteiger partial charge in [0.2, 0.25) is 11.8 Å². The number of hydrogen-bond donors (Lipinski definition) is 0. The molecule has 3 nitrogen and oxygen atoms in total. The summed E-state index contributed by atoms with van der Waals surface area (Å²) in [7, 11) is 0. The summed E-state index contributed by atoms with van der Waals surface area (Å²) in [5.41, 5.74) is 1.92. The molecule has 1 atom stereocenters. The highest BCUT2D eigenvalue weighted by Gasteiger charge is 2.15. The first-order chi connectivity index (χ1) is 8.10. The fraction of sp³-hybridized carbons (Fsp3) is 0.333. The van der Waals surface area contributed by atoms with E-state index in [1.807, 2.05) is 32.0 Å². The molecule has 90 valence electrons. The second-order valence-electron chi connectivity index (χ2n) is 3.84. The Balaban J connectivity index is 2.36. The molecule has 1 aromatic heterocycles. The van der Waals surface area contributed by atoms with Crippen molar-refractivity contribution in [3.8, 4) is 11.5 Å². The zero-order chi connectivity index (χ0) is 12.4. The summed E-state index contributed by atoms with van der Waals surface area (Å²) >= 11 is 9.47. The average molecular weight is 316 g/mol. The van der Waals surface area contributed by atoms with E-state index in [0.717, 1.165) is 17.5 Å². The molecule has 1 unspecified atom stereocenters. The molecule has 0 bridgehead atoms. The molecule has 0 N–H and O–H groups in total. The van der Waals surface area contributed by atoms with Gasteiger partial charge in [-0.25, -0.2) is 0 Å². The second-order valence-corrected chi connectivity index (χ2v) is 5.38. The minimum Gasteiger partial charge on any atom is -0.419 e. The van der Waals surface area contributed by atoms with Crippen LogP contribution in [0.3, 0.4) is 0 Å². The van der Waals surface area contributed by atoms with E-state index in [9.17, 15) is 0 Å². The van der Waals surface area contributed by atoms with Crippen LogP contribution in [0.4, 0.5) is 0 Å². The molecule has 1 aromatic carbocycles. The molecule has 0 fully saturated rings. The van der Waals surface area contributed by atoms with E-state index in [0.29, 0.717) is 16.8 Å². The summed E-state index contributed by atoms with van der Waals surface area (Å²) in [5, 5.41) is 8.72. The van der Waals surface area contributed by atoms with E-state index >= 15 is 0 Å². The smallest absolute Gasteiger partial charge is 0.247 e. The first kappa shape index (κ1) is 12.6. The maximum absolute atomic E-state index is 6.00. The Morgan fingerprint density at radius 3 is 2.76 bits per heavy atom. The number of alkyl halides is 1. The van der Waals surface area contributed by atoms with Gasteiger partial charge in [0.15, 0.2) is 0 Å². The first-order valence-electron chi connectivity index (χ1n) is 5.35. The van der Waals surface area contributed by atoms with Gasteiger partial charge in [0, 0.05) is 10.6 Å². The van der Waals surface area contributed by atoms with Crippen LogP contribution in [0, 0.1) is 6.92 Å². The summed E-state index contributed by atoms with van der Waals surface area (Å²) in [6.45, 7) is 4.03. The number of benzene rings is 1. The van der Waals surface area contributed by atoms with Crippen LogP contribution in [0.1, 0.15) is 29.6 Å². The quantitative estimate of drug-likeness (QED) is 0.780. The Morgan fingerprint density at radius 2 is 2.12 bits per heavy atom. The van der Waals surface area contributed by atoms with Gasteiger partial charge in [-0.05, 0) is 37.1 Å². The van der Waals surface area contributed by atoms with Crippen molar-refractivity contribution >= 4 is 27.5 Å². The van der Waals surface area contributed by atoms with E-state index in [1.165, 1.54) is 0 Å². The van der Waals surface area contributed by atoms with Gasteiger partial charge >= 0.3 is 0 Å². The van der Waals surface area contributed by atoms with Gasteiger partial charge in [-0.1, -0.05) is 34.5 Å². The Kier molecular flexibility index (Phi) is 3.84. The van der Waals surface area contributed by atoms with Crippen LogP contribution in [0.5, 0.6) is 0 Å². The molecule has 0 aliphatic rings. The number of aryl methyl sites for hydroxylation is 1. The predicted octanol–water partition coefficient (Wildman–Crippen LogP) is 4.54. The van der Waals surface area contributed by atoms with E-state index in [2.05, 4.69) is 26.1 Å². The largest absolute Gasteiger partial charge is 0.419 e. The topological polar surface area (TPSA) is 38.9 Å². The lowest BCUT2D eigenvalue weighted by atomic mass is 10.1. The molecule has 0 saturated carbocycles. The van der Waals surface area contributed by atoms with Crippen molar-refractivity contribution in [1.29, 1.82) is 0 Å².